The molecule has 1 heterocycles. The van der Waals surface area contributed by atoms with E-state index in [4.69, 9.17) is 35.4 Å². The number of rotatable bonds is 6. The van der Waals surface area contributed by atoms with Crippen LogP contribution in [0.3, 0.4) is 0 Å². The molecule has 1 N–H and O–H groups in total. The summed E-state index contributed by atoms with van der Waals surface area (Å²) >= 11 is 18.4. The number of anilines is 2. The number of para-hydroxylation sites is 1. The second-order valence-corrected chi connectivity index (χ2v) is 9.29. The topological polar surface area (TPSA) is 52.7 Å². The minimum absolute atomic E-state index is 0.0230. The van der Waals surface area contributed by atoms with E-state index >= 15 is 0 Å². The SMILES string of the molecule is Cc1cccc(NC(=S)N(CCc2ccccc2)[C@@H]2CC(=O)N(c3c(Cl)cccc3Cl)C2=O)c1. The molecule has 1 saturated heterocycles. The third-order valence-corrected chi connectivity index (χ3v) is 6.62. The van der Waals surface area contributed by atoms with Gasteiger partial charge in [-0.25, -0.2) is 4.90 Å². The Morgan fingerprint density at radius 2 is 1.71 bits per heavy atom. The maximum absolute atomic E-state index is 13.5. The summed E-state index contributed by atoms with van der Waals surface area (Å²) in [5.41, 5.74) is 3.21. The van der Waals surface area contributed by atoms with E-state index in [0.29, 0.717) is 18.1 Å². The second kappa shape index (κ2) is 10.6. The minimum Gasteiger partial charge on any atom is -0.336 e. The predicted octanol–water partition coefficient (Wildman–Crippen LogP) is 5.88. The van der Waals surface area contributed by atoms with Gasteiger partial charge in [-0.1, -0.05) is 71.7 Å². The number of hydrogen-bond donors (Lipinski definition) is 1. The van der Waals surface area contributed by atoms with Gasteiger partial charge in [0.05, 0.1) is 22.2 Å². The lowest BCUT2D eigenvalue weighted by Gasteiger charge is -2.30. The fourth-order valence-electron chi connectivity index (χ4n) is 4.01. The monoisotopic (exact) mass is 511 g/mol. The predicted molar refractivity (Wildman–Crippen MR) is 142 cm³/mol. The highest BCUT2D eigenvalue weighted by Gasteiger charge is 2.44. The summed E-state index contributed by atoms with van der Waals surface area (Å²) in [6.45, 7) is 2.45. The Morgan fingerprint density at radius 1 is 1.03 bits per heavy atom. The number of nitrogens with zero attached hydrogens (tertiary/aromatic N) is 2. The molecule has 34 heavy (non-hydrogen) atoms. The molecule has 8 heteroatoms. The number of carbonyl (C=O) groups excluding carboxylic acids is 2. The highest BCUT2D eigenvalue weighted by molar-refractivity contribution is 7.80. The number of aryl methyl sites for hydroxylation is 1. The molecule has 4 rings (SSSR count). The van der Waals surface area contributed by atoms with Gasteiger partial charge < -0.3 is 10.2 Å². The van der Waals surface area contributed by atoms with Crippen molar-refractivity contribution in [3.63, 3.8) is 0 Å². The van der Waals surface area contributed by atoms with Crippen LogP contribution in [0.5, 0.6) is 0 Å². The van der Waals surface area contributed by atoms with Gasteiger partial charge in [-0.05, 0) is 61.0 Å². The Balaban J connectivity index is 1.63. The fourth-order valence-corrected chi connectivity index (χ4v) is 4.91. The van der Waals surface area contributed by atoms with Crippen LogP contribution in [0.25, 0.3) is 0 Å². The smallest absolute Gasteiger partial charge is 0.257 e. The van der Waals surface area contributed by atoms with Gasteiger partial charge in [-0.15, -0.1) is 0 Å². The molecule has 0 spiro atoms. The van der Waals surface area contributed by atoms with Gasteiger partial charge in [0.25, 0.3) is 5.91 Å². The number of benzene rings is 3. The van der Waals surface area contributed by atoms with Crippen molar-refractivity contribution in [2.24, 2.45) is 0 Å². The van der Waals surface area contributed by atoms with Gasteiger partial charge in [0, 0.05) is 12.2 Å². The van der Waals surface area contributed by atoms with E-state index in [1.807, 2.05) is 61.5 Å². The Kier molecular flexibility index (Phi) is 7.51. The summed E-state index contributed by atoms with van der Waals surface area (Å²) in [7, 11) is 0. The maximum Gasteiger partial charge on any atom is 0.257 e. The molecule has 0 saturated carbocycles. The first-order chi connectivity index (χ1) is 16.3. The summed E-state index contributed by atoms with van der Waals surface area (Å²) in [4.78, 5) is 29.4. The minimum atomic E-state index is -0.770. The molecule has 3 aromatic rings. The summed E-state index contributed by atoms with van der Waals surface area (Å²) in [5, 5.41) is 4.09. The molecule has 1 aliphatic heterocycles. The van der Waals surface area contributed by atoms with Crippen molar-refractivity contribution in [3.8, 4) is 0 Å². The van der Waals surface area contributed by atoms with Crippen LogP contribution in [0, 0.1) is 6.92 Å². The quantitative estimate of drug-likeness (QED) is 0.331. The fraction of sp³-hybridized carbons (Fsp3) is 0.192. The maximum atomic E-state index is 13.5. The van der Waals surface area contributed by atoms with Gasteiger partial charge in [0.15, 0.2) is 5.11 Å². The average Bonchev–Trinajstić information content (AvgIpc) is 3.08. The number of hydrogen-bond acceptors (Lipinski definition) is 3. The molecular formula is C26H23Cl2N3O2S. The standard InChI is InChI=1S/C26H23Cl2N3O2S/c1-17-7-5-10-19(15-17)29-26(34)30(14-13-18-8-3-2-4-9-18)22-16-23(32)31(25(22)33)24-20(27)11-6-12-21(24)28/h2-12,15,22H,13-14,16H2,1H3,(H,29,34)/t22-/m1/s1. The normalized spacial score (nSPS) is 15.5. The number of imide groups is 1. The van der Waals surface area contributed by atoms with E-state index in [1.54, 1.807) is 23.1 Å². The van der Waals surface area contributed by atoms with Crippen LogP contribution in [-0.4, -0.2) is 34.4 Å². The van der Waals surface area contributed by atoms with E-state index in [2.05, 4.69) is 5.32 Å². The highest BCUT2D eigenvalue weighted by Crippen LogP contribution is 2.37. The first-order valence-corrected chi connectivity index (χ1v) is 12.0. The molecule has 5 nitrogen and oxygen atoms in total. The summed E-state index contributed by atoms with van der Waals surface area (Å²) < 4.78 is 0. The number of amides is 2. The number of nitrogens with one attached hydrogen (secondary N) is 1. The van der Waals surface area contributed by atoms with E-state index < -0.39 is 11.9 Å². The molecule has 0 aliphatic carbocycles. The van der Waals surface area contributed by atoms with Crippen molar-refractivity contribution < 1.29 is 9.59 Å². The number of thiocarbonyl (C=S) groups is 1. The van der Waals surface area contributed by atoms with Crippen molar-refractivity contribution in [2.45, 2.75) is 25.8 Å². The molecule has 1 atom stereocenters. The first-order valence-electron chi connectivity index (χ1n) is 10.8. The third-order valence-electron chi connectivity index (χ3n) is 5.67. The van der Waals surface area contributed by atoms with Crippen molar-refractivity contribution in [1.29, 1.82) is 0 Å². The molecule has 0 radical (unpaired) electrons. The number of halogens is 2. The van der Waals surface area contributed by atoms with Gasteiger partial charge in [-0.3, -0.25) is 9.59 Å². The van der Waals surface area contributed by atoms with Crippen LogP contribution in [0.2, 0.25) is 10.0 Å². The van der Waals surface area contributed by atoms with Gasteiger partial charge in [-0.2, -0.15) is 0 Å². The van der Waals surface area contributed by atoms with E-state index in [-0.39, 0.29) is 28.1 Å². The lowest BCUT2D eigenvalue weighted by Crippen LogP contribution is -2.48. The van der Waals surface area contributed by atoms with E-state index in [9.17, 15) is 9.59 Å². The van der Waals surface area contributed by atoms with Gasteiger partial charge >= 0.3 is 0 Å². The number of carbonyl (C=O) groups is 2. The highest BCUT2D eigenvalue weighted by atomic mass is 35.5. The van der Waals surface area contributed by atoms with E-state index in [0.717, 1.165) is 21.7 Å². The molecule has 3 aromatic carbocycles. The largest absolute Gasteiger partial charge is 0.336 e. The Bertz CT molecular complexity index is 1220. The molecule has 0 aromatic heterocycles. The first kappa shape index (κ1) is 24.2. The molecule has 0 unspecified atom stereocenters. The van der Waals surface area contributed by atoms with Crippen LogP contribution in [0.4, 0.5) is 11.4 Å². The van der Waals surface area contributed by atoms with Crippen molar-refractivity contribution in [3.05, 3.63) is 94.0 Å². The third kappa shape index (κ3) is 5.25. The zero-order chi connectivity index (χ0) is 24.2. The van der Waals surface area contributed by atoms with Crippen LogP contribution in [-0.2, 0) is 16.0 Å². The van der Waals surface area contributed by atoms with Crippen LogP contribution in [0.15, 0.2) is 72.8 Å². The lowest BCUT2D eigenvalue weighted by atomic mass is 10.1. The van der Waals surface area contributed by atoms with Crippen molar-refractivity contribution in [1.82, 2.24) is 4.90 Å². The molecule has 0 bridgehead atoms. The van der Waals surface area contributed by atoms with Gasteiger partial charge in [0.2, 0.25) is 5.91 Å². The Morgan fingerprint density at radius 3 is 2.38 bits per heavy atom. The molecule has 2 amide bonds. The zero-order valence-electron chi connectivity index (χ0n) is 18.5. The summed E-state index contributed by atoms with van der Waals surface area (Å²) in [6, 6.07) is 21.8. The Labute approximate surface area is 214 Å². The molecule has 1 fully saturated rings. The molecule has 174 valence electrons. The van der Waals surface area contributed by atoms with Crippen molar-refractivity contribution in [2.75, 3.05) is 16.8 Å². The van der Waals surface area contributed by atoms with Crippen LogP contribution < -0.4 is 10.2 Å². The molecular weight excluding hydrogens is 489 g/mol. The van der Waals surface area contributed by atoms with E-state index in [1.165, 1.54) is 0 Å². The summed E-state index contributed by atoms with van der Waals surface area (Å²) in [6.07, 6.45) is 0.631. The van der Waals surface area contributed by atoms with Crippen LogP contribution in [0.1, 0.15) is 17.5 Å². The van der Waals surface area contributed by atoms with Crippen LogP contribution >= 0.6 is 35.4 Å². The summed E-state index contributed by atoms with van der Waals surface area (Å²) in [5.74, 6) is -0.769. The lowest BCUT2D eigenvalue weighted by molar-refractivity contribution is -0.122. The van der Waals surface area contributed by atoms with Gasteiger partial charge in [0.1, 0.15) is 6.04 Å². The average molecular weight is 512 g/mol. The van der Waals surface area contributed by atoms with Crippen molar-refractivity contribution >= 4 is 63.7 Å². The Hall–Kier alpha value is -2.93. The second-order valence-electron chi connectivity index (χ2n) is 8.09. The molecule has 1 aliphatic rings. The zero-order valence-corrected chi connectivity index (χ0v) is 20.8.